The minimum Gasteiger partial charge on any atom is -0.481 e. The molecule has 0 amide bonds. The number of carboxylic acid groups (broad SMARTS) is 1. The van der Waals surface area contributed by atoms with Gasteiger partial charge in [0.1, 0.15) is 5.69 Å². The van der Waals surface area contributed by atoms with Crippen LogP contribution in [0.5, 0.6) is 0 Å². The Labute approximate surface area is 174 Å². The number of aryl methyl sites for hydroxylation is 1. The average molecular weight is 436 g/mol. The monoisotopic (exact) mass is 436 g/mol. The molecule has 0 radical (unpaired) electrons. The summed E-state index contributed by atoms with van der Waals surface area (Å²) in [6, 6.07) is 6.27. The number of hydrogen-bond acceptors (Lipinski definition) is 6. The second-order valence-corrected chi connectivity index (χ2v) is 7.86. The number of benzene rings is 1. The minimum atomic E-state index is -4.55. The van der Waals surface area contributed by atoms with Crippen molar-refractivity contribution in [1.29, 1.82) is 0 Å². The molecule has 2 aromatic heterocycles. The Morgan fingerprint density at radius 2 is 2.03 bits per heavy atom. The van der Waals surface area contributed by atoms with E-state index in [2.05, 4.69) is 20.3 Å². The first-order valence-electron chi connectivity index (χ1n) is 9.12. The maximum absolute atomic E-state index is 12.9. The van der Waals surface area contributed by atoms with Crippen LogP contribution in [0.2, 0.25) is 0 Å². The lowest BCUT2D eigenvalue weighted by Gasteiger charge is -2.10. The van der Waals surface area contributed by atoms with Gasteiger partial charge in [0.15, 0.2) is 0 Å². The van der Waals surface area contributed by atoms with E-state index in [9.17, 15) is 23.1 Å². The van der Waals surface area contributed by atoms with Gasteiger partial charge in [0, 0.05) is 24.5 Å². The molecule has 0 spiro atoms. The molecule has 6 nitrogen and oxygen atoms in total. The molecule has 3 rings (SSSR count). The fourth-order valence-electron chi connectivity index (χ4n) is 2.86. The topological polar surface area (TPSA) is 88.0 Å². The van der Waals surface area contributed by atoms with Crippen LogP contribution in [0.3, 0.4) is 0 Å². The second-order valence-electron chi connectivity index (χ2n) is 6.74. The summed E-state index contributed by atoms with van der Waals surface area (Å²) in [5, 5.41) is 12.8. The molecule has 2 N–H and O–H groups in total. The van der Waals surface area contributed by atoms with Crippen LogP contribution >= 0.6 is 11.3 Å². The molecule has 0 bridgehead atoms. The van der Waals surface area contributed by atoms with E-state index in [-0.39, 0.29) is 5.95 Å². The van der Waals surface area contributed by atoms with Crippen molar-refractivity contribution in [2.24, 2.45) is 5.92 Å². The number of hydrogen-bond donors (Lipinski definition) is 2. The summed E-state index contributed by atoms with van der Waals surface area (Å²) in [5.41, 5.74) is 1.21. The average Bonchev–Trinajstić information content (AvgIpc) is 3.13. The Hall–Kier alpha value is -3.01. The van der Waals surface area contributed by atoms with E-state index in [0.717, 1.165) is 33.3 Å². The van der Waals surface area contributed by atoms with Crippen molar-refractivity contribution in [2.75, 3.05) is 5.32 Å². The number of carbonyl (C=O) groups is 1. The predicted molar refractivity (Wildman–Crippen MR) is 108 cm³/mol. The molecule has 10 heteroatoms. The first kappa shape index (κ1) is 21.7. The van der Waals surface area contributed by atoms with Crippen LogP contribution in [0, 0.1) is 12.8 Å². The Bertz CT molecular complexity index is 1050. The number of alkyl halides is 3. The first-order chi connectivity index (χ1) is 14.2. The van der Waals surface area contributed by atoms with Crippen LogP contribution in [-0.4, -0.2) is 26.0 Å². The van der Waals surface area contributed by atoms with E-state index in [1.54, 1.807) is 18.3 Å². The maximum Gasteiger partial charge on any atom is 0.433 e. The van der Waals surface area contributed by atoms with Gasteiger partial charge in [-0.3, -0.25) is 4.79 Å². The van der Waals surface area contributed by atoms with Gasteiger partial charge in [-0.15, -0.1) is 11.3 Å². The highest BCUT2D eigenvalue weighted by Crippen LogP contribution is 2.32. The van der Waals surface area contributed by atoms with Gasteiger partial charge >= 0.3 is 12.1 Å². The molecule has 0 aliphatic heterocycles. The second kappa shape index (κ2) is 8.78. The van der Waals surface area contributed by atoms with E-state index in [1.165, 1.54) is 11.3 Å². The van der Waals surface area contributed by atoms with Gasteiger partial charge in [-0.1, -0.05) is 13.0 Å². The van der Waals surface area contributed by atoms with E-state index in [1.807, 2.05) is 19.9 Å². The normalized spacial score (nSPS) is 12.6. The van der Waals surface area contributed by atoms with Crippen LogP contribution in [0.15, 0.2) is 36.7 Å². The van der Waals surface area contributed by atoms with Crippen molar-refractivity contribution in [3.63, 3.8) is 0 Å². The van der Waals surface area contributed by atoms with Crippen molar-refractivity contribution in [1.82, 2.24) is 15.0 Å². The standard InChI is InChI=1S/C20H19F3N4O2S/c1-3-12(18(28)29)9-17-25-10-15(30-17)13-6-11(2)7-14(8-13)26-19-24-5-4-16(27-19)20(21,22)23/h4-8,10,12H,3,9H2,1-2H3,(H,28,29)(H,24,26,27)/t12-/m1/s1. The number of nitrogens with one attached hydrogen (secondary N) is 1. The molecule has 1 atom stereocenters. The quantitative estimate of drug-likeness (QED) is 0.521. The zero-order valence-corrected chi connectivity index (χ0v) is 17.0. The summed E-state index contributed by atoms with van der Waals surface area (Å²) in [5.74, 6) is -1.49. The van der Waals surface area contributed by atoms with Crippen molar-refractivity contribution in [2.45, 2.75) is 32.9 Å². The van der Waals surface area contributed by atoms with Crippen LogP contribution in [0.4, 0.5) is 24.8 Å². The first-order valence-corrected chi connectivity index (χ1v) is 9.94. The number of rotatable bonds is 7. The van der Waals surface area contributed by atoms with E-state index >= 15 is 0 Å². The van der Waals surface area contributed by atoms with Crippen LogP contribution in [0.25, 0.3) is 10.4 Å². The molecular weight excluding hydrogens is 417 g/mol. The third kappa shape index (κ3) is 5.32. The van der Waals surface area contributed by atoms with Gasteiger partial charge in [-0.25, -0.2) is 15.0 Å². The molecule has 0 unspecified atom stereocenters. The van der Waals surface area contributed by atoms with E-state index in [4.69, 9.17) is 0 Å². The third-order valence-corrected chi connectivity index (χ3v) is 5.45. The molecule has 0 aliphatic rings. The maximum atomic E-state index is 12.9. The molecule has 0 saturated carbocycles. The lowest BCUT2D eigenvalue weighted by molar-refractivity contribution is -0.142. The van der Waals surface area contributed by atoms with Crippen LogP contribution in [0.1, 0.15) is 29.6 Å². The lowest BCUT2D eigenvalue weighted by atomic mass is 10.0. The van der Waals surface area contributed by atoms with Gasteiger partial charge in [-0.2, -0.15) is 13.2 Å². The summed E-state index contributed by atoms with van der Waals surface area (Å²) in [4.78, 5) is 23.8. The SMILES string of the molecule is CC[C@H](Cc1ncc(-c2cc(C)cc(Nc3nccc(C(F)(F)F)n3)c2)s1)C(=O)O. The zero-order valence-electron chi connectivity index (χ0n) is 16.2. The number of aromatic nitrogens is 3. The van der Waals surface area contributed by atoms with E-state index < -0.39 is 23.8 Å². The molecule has 1 aromatic carbocycles. The number of halogens is 3. The van der Waals surface area contributed by atoms with Crippen LogP contribution < -0.4 is 5.32 Å². The summed E-state index contributed by atoms with van der Waals surface area (Å²) in [7, 11) is 0. The van der Waals surface area contributed by atoms with Gasteiger partial charge < -0.3 is 10.4 Å². The summed E-state index contributed by atoms with van der Waals surface area (Å²) in [6.07, 6.45) is -0.960. The Morgan fingerprint density at radius 3 is 2.70 bits per heavy atom. The van der Waals surface area contributed by atoms with Crippen molar-refractivity contribution in [3.05, 3.63) is 52.9 Å². The molecule has 0 fully saturated rings. The summed E-state index contributed by atoms with van der Waals surface area (Å²) < 4.78 is 38.6. The number of carboxylic acids is 1. The van der Waals surface area contributed by atoms with Gasteiger partial charge in [0.2, 0.25) is 5.95 Å². The lowest BCUT2D eigenvalue weighted by Crippen LogP contribution is -2.15. The Morgan fingerprint density at radius 1 is 1.27 bits per heavy atom. The highest BCUT2D eigenvalue weighted by Gasteiger charge is 2.32. The number of thiazole rings is 1. The number of anilines is 2. The van der Waals surface area contributed by atoms with Crippen LogP contribution in [-0.2, 0) is 17.4 Å². The Kier molecular flexibility index (Phi) is 6.35. The smallest absolute Gasteiger partial charge is 0.433 e. The molecule has 158 valence electrons. The van der Waals surface area contributed by atoms with Gasteiger partial charge in [0.25, 0.3) is 0 Å². The largest absolute Gasteiger partial charge is 0.481 e. The summed E-state index contributed by atoms with van der Waals surface area (Å²) in [6.45, 7) is 3.68. The molecule has 0 aliphatic carbocycles. The fraction of sp³-hybridized carbons (Fsp3) is 0.300. The third-order valence-electron chi connectivity index (χ3n) is 4.38. The minimum absolute atomic E-state index is 0.154. The van der Waals surface area contributed by atoms with Crippen molar-refractivity contribution < 1.29 is 23.1 Å². The fourth-order valence-corrected chi connectivity index (χ4v) is 3.84. The molecule has 2 heterocycles. The molecule has 3 aromatic rings. The number of nitrogens with zero attached hydrogens (tertiary/aromatic N) is 3. The molecular formula is C20H19F3N4O2S. The summed E-state index contributed by atoms with van der Waals surface area (Å²) >= 11 is 1.39. The predicted octanol–water partition coefficient (Wildman–Crippen LogP) is 5.32. The Balaban J connectivity index is 1.84. The number of aliphatic carboxylic acids is 1. The van der Waals surface area contributed by atoms with Gasteiger partial charge in [0.05, 0.1) is 15.8 Å². The van der Waals surface area contributed by atoms with Crippen molar-refractivity contribution >= 4 is 28.9 Å². The van der Waals surface area contributed by atoms with Gasteiger partial charge in [-0.05, 0) is 42.7 Å². The molecule has 30 heavy (non-hydrogen) atoms. The van der Waals surface area contributed by atoms with Crippen molar-refractivity contribution in [3.8, 4) is 10.4 Å². The van der Waals surface area contributed by atoms with E-state index in [0.29, 0.717) is 18.5 Å². The molecule has 0 saturated heterocycles. The highest BCUT2D eigenvalue weighted by molar-refractivity contribution is 7.15. The zero-order chi connectivity index (χ0) is 21.9. The highest BCUT2D eigenvalue weighted by atomic mass is 32.1.